The molecular weight excluding hydrogens is 443 g/mol. The fraction of sp³-hybridized carbons (Fsp3) is 0.696. The largest absolute Gasteiger partial charge is 0.465 e. The minimum absolute atomic E-state index is 0.0789. The number of carboxylic acid groups (broad SMARTS) is 1. The summed E-state index contributed by atoms with van der Waals surface area (Å²) in [5.41, 5.74) is 1.82. The highest BCUT2D eigenvalue weighted by Crippen LogP contribution is 2.36. The second kappa shape index (κ2) is 10.1. The molecule has 1 amide bonds. The fourth-order valence-electron chi connectivity index (χ4n) is 4.75. The molecule has 10 heteroatoms. The van der Waals surface area contributed by atoms with Gasteiger partial charge in [0.1, 0.15) is 23.9 Å². The Labute approximate surface area is 195 Å². The number of fused-ring (bicyclic) bond motifs is 1. The maximum absolute atomic E-state index is 15.1. The zero-order chi connectivity index (χ0) is 23.6. The quantitative estimate of drug-likeness (QED) is 0.461. The van der Waals surface area contributed by atoms with Gasteiger partial charge >= 0.3 is 6.09 Å². The molecule has 2 fully saturated rings. The summed E-state index contributed by atoms with van der Waals surface area (Å²) in [6, 6.07) is 1.07. The maximum atomic E-state index is 15.1. The summed E-state index contributed by atoms with van der Waals surface area (Å²) < 4.78 is 28.7. The summed E-state index contributed by atoms with van der Waals surface area (Å²) >= 11 is 0. The highest BCUT2D eigenvalue weighted by molar-refractivity contribution is 6.76. The zero-order valence-electron chi connectivity index (χ0n) is 19.8. The topological polar surface area (TPSA) is 89.7 Å². The average Bonchev–Trinajstić information content (AvgIpc) is 3.15. The highest BCUT2D eigenvalue weighted by atomic mass is 28.3. The molecule has 0 aromatic carbocycles. The van der Waals surface area contributed by atoms with Crippen LogP contribution >= 0.6 is 0 Å². The van der Waals surface area contributed by atoms with Crippen molar-refractivity contribution in [2.75, 3.05) is 32.9 Å². The van der Waals surface area contributed by atoms with E-state index in [2.05, 4.69) is 24.6 Å². The minimum atomic E-state index is -1.21. The predicted molar refractivity (Wildman–Crippen MR) is 126 cm³/mol. The molecule has 8 nitrogen and oxygen atoms in total. The molecule has 4 rings (SSSR count). The zero-order valence-corrected chi connectivity index (χ0v) is 20.8. The maximum Gasteiger partial charge on any atom is 0.407 e. The number of aromatic nitrogens is 3. The SMILES string of the molecule is C[Si](C)(C)CCOCn1c(C2CCOCC2)nc2c(C3CCN(C(=O)O)CC3)c(F)cnc21. The lowest BCUT2D eigenvalue weighted by Gasteiger charge is -2.30. The van der Waals surface area contributed by atoms with E-state index in [1.807, 2.05) is 4.57 Å². The minimum Gasteiger partial charge on any atom is -0.465 e. The van der Waals surface area contributed by atoms with E-state index in [0.29, 0.717) is 69.2 Å². The molecule has 2 aromatic rings. The van der Waals surface area contributed by atoms with Crippen molar-refractivity contribution in [2.24, 2.45) is 0 Å². The summed E-state index contributed by atoms with van der Waals surface area (Å²) in [5, 5.41) is 9.26. The van der Waals surface area contributed by atoms with Gasteiger partial charge in [0.2, 0.25) is 0 Å². The lowest BCUT2D eigenvalue weighted by Crippen LogP contribution is -2.37. The molecule has 2 aliphatic heterocycles. The van der Waals surface area contributed by atoms with E-state index in [1.165, 1.54) is 11.1 Å². The van der Waals surface area contributed by atoms with Gasteiger partial charge in [0.15, 0.2) is 5.65 Å². The van der Waals surface area contributed by atoms with E-state index in [4.69, 9.17) is 14.5 Å². The van der Waals surface area contributed by atoms with E-state index >= 15 is 4.39 Å². The summed E-state index contributed by atoms with van der Waals surface area (Å²) in [6.45, 7) is 10.2. The van der Waals surface area contributed by atoms with Gasteiger partial charge in [-0.25, -0.2) is 19.2 Å². The summed E-state index contributed by atoms with van der Waals surface area (Å²) in [6.07, 6.45) is 3.26. The molecule has 0 atom stereocenters. The third kappa shape index (κ3) is 5.55. The van der Waals surface area contributed by atoms with Crippen molar-refractivity contribution in [1.82, 2.24) is 19.4 Å². The normalized spacial score (nSPS) is 18.8. The molecule has 0 saturated carbocycles. The van der Waals surface area contributed by atoms with Crippen LogP contribution in [0.3, 0.4) is 0 Å². The predicted octanol–water partition coefficient (Wildman–Crippen LogP) is 4.63. The van der Waals surface area contributed by atoms with Crippen molar-refractivity contribution in [3.8, 4) is 0 Å². The Kier molecular flexibility index (Phi) is 7.35. The Hall–Kier alpha value is -2.04. The van der Waals surface area contributed by atoms with Gasteiger partial charge in [-0.05, 0) is 37.6 Å². The van der Waals surface area contributed by atoms with Gasteiger partial charge in [-0.2, -0.15) is 0 Å². The molecule has 33 heavy (non-hydrogen) atoms. The molecule has 0 bridgehead atoms. The van der Waals surface area contributed by atoms with Crippen molar-refractivity contribution in [3.63, 3.8) is 0 Å². The Morgan fingerprint density at radius 1 is 1.21 bits per heavy atom. The molecule has 0 spiro atoms. The van der Waals surface area contributed by atoms with E-state index in [9.17, 15) is 9.90 Å². The highest BCUT2D eigenvalue weighted by Gasteiger charge is 2.31. The van der Waals surface area contributed by atoms with Crippen LogP contribution in [0.4, 0.5) is 9.18 Å². The first kappa shape index (κ1) is 24.1. The smallest absolute Gasteiger partial charge is 0.407 e. The van der Waals surface area contributed by atoms with Crippen molar-refractivity contribution in [3.05, 3.63) is 23.4 Å². The first-order valence-electron chi connectivity index (χ1n) is 11.9. The van der Waals surface area contributed by atoms with Crippen LogP contribution in [0.1, 0.15) is 48.9 Å². The number of carbonyl (C=O) groups is 1. The fourth-order valence-corrected chi connectivity index (χ4v) is 5.51. The number of likely N-dealkylation sites (tertiary alicyclic amines) is 1. The van der Waals surface area contributed by atoms with Crippen LogP contribution in [0.15, 0.2) is 6.20 Å². The van der Waals surface area contributed by atoms with E-state index < -0.39 is 14.2 Å². The Balaban J connectivity index is 1.66. The van der Waals surface area contributed by atoms with Crippen LogP contribution in [0.25, 0.3) is 11.2 Å². The van der Waals surface area contributed by atoms with Gasteiger partial charge in [0.05, 0.1) is 6.20 Å². The summed E-state index contributed by atoms with van der Waals surface area (Å²) in [5.74, 6) is 0.672. The van der Waals surface area contributed by atoms with Gasteiger partial charge in [-0.15, -0.1) is 0 Å². The molecular formula is C23H35FN4O4Si. The number of amides is 1. The lowest BCUT2D eigenvalue weighted by atomic mass is 9.89. The monoisotopic (exact) mass is 478 g/mol. The molecule has 4 heterocycles. The van der Waals surface area contributed by atoms with Crippen molar-refractivity contribution < 1.29 is 23.8 Å². The summed E-state index contributed by atoms with van der Waals surface area (Å²) in [7, 11) is -1.21. The second-order valence-corrected chi connectivity index (χ2v) is 16.0. The van der Waals surface area contributed by atoms with Crippen LogP contribution in [0.2, 0.25) is 25.7 Å². The number of hydrogen-bond acceptors (Lipinski definition) is 5. The van der Waals surface area contributed by atoms with Gasteiger partial charge in [-0.1, -0.05) is 19.6 Å². The van der Waals surface area contributed by atoms with Crippen LogP contribution < -0.4 is 0 Å². The standard InChI is InChI=1S/C23H35FN4O4Si/c1-33(2,3)13-12-32-15-28-21(17-6-10-31-11-7-17)26-20-19(18(24)14-25-22(20)28)16-4-8-27(9-5-16)23(29)30/h14,16-17H,4-13,15H2,1-3H3,(H,29,30). The Bertz CT molecular complexity index is 979. The number of nitrogens with zero attached hydrogens (tertiary/aromatic N) is 4. The molecule has 0 unspecified atom stereocenters. The average molecular weight is 479 g/mol. The number of imidazole rings is 1. The number of ether oxygens (including phenoxy) is 2. The van der Waals surface area contributed by atoms with Gasteiger partial charge in [0, 0.05) is 52.5 Å². The van der Waals surface area contributed by atoms with Crippen LogP contribution in [-0.4, -0.2) is 71.6 Å². The number of halogens is 1. The number of hydrogen-bond donors (Lipinski definition) is 1. The van der Waals surface area contributed by atoms with Gasteiger partial charge in [0.25, 0.3) is 0 Å². The van der Waals surface area contributed by atoms with Crippen molar-refractivity contribution >= 4 is 25.3 Å². The lowest BCUT2D eigenvalue weighted by molar-refractivity contribution is 0.0706. The number of pyridine rings is 1. The molecule has 2 saturated heterocycles. The molecule has 1 N–H and O–H groups in total. The second-order valence-electron chi connectivity index (χ2n) is 10.4. The number of piperidine rings is 1. The van der Waals surface area contributed by atoms with Crippen LogP contribution in [0.5, 0.6) is 0 Å². The Morgan fingerprint density at radius 3 is 2.55 bits per heavy atom. The van der Waals surface area contributed by atoms with Crippen LogP contribution in [0, 0.1) is 5.82 Å². The van der Waals surface area contributed by atoms with Gasteiger partial charge in [-0.3, -0.25) is 4.57 Å². The molecule has 2 aromatic heterocycles. The van der Waals surface area contributed by atoms with E-state index in [-0.39, 0.29) is 17.7 Å². The molecule has 182 valence electrons. The molecule has 2 aliphatic rings. The van der Waals surface area contributed by atoms with Crippen molar-refractivity contribution in [1.29, 1.82) is 0 Å². The molecule has 0 radical (unpaired) electrons. The Morgan fingerprint density at radius 2 is 1.91 bits per heavy atom. The molecule has 0 aliphatic carbocycles. The van der Waals surface area contributed by atoms with Gasteiger partial charge < -0.3 is 19.5 Å². The first-order valence-corrected chi connectivity index (χ1v) is 15.6. The third-order valence-corrected chi connectivity index (χ3v) is 8.46. The van der Waals surface area contributed by atoms with E-state index in [0.717, 1.165) is 24.7 Å². The van der Waals surface area contributed by atoms with Crippen molar-refractivity contribution in [2.45, 2.75) is 69.9 Å². The first-order chi connectivity index (χ1) is 15.7. The third-order valence-electron chi connectivity index (χ3n) is 6.76. The van der Waals surface area contributed by atoms with E-state index in [1.54, 1.807) is 0 Å². The number of rotatable bonds is 7. The van der Waals surface area contributed by atoms with Crippen LogP contribution in [-0.2, 0) is 16.2 Å². The summed E-state index contributed by atoms with van der Waals surface area (Å²) in [4.78, 5) is 22.1.